The first-order valence-corrected chi connectivity index (χ1v) is 9.98. The van der Waals surface area contributed by atoms with E-state index in [-0.39, 0.29) is 22.9 Å². The van der Waals surface area contributed by atoms with Crippen LogP contribution in [-0.2, 0) is 21.3 Å². The minimum Gasteiger partial charge on any atom is -0.497 e. The van der Waals surface area contributed by atoms with Crippen molar-refractivity contribution in [3.63, 3.8) is 0 Å². The number of esters is 1. The molecule has 0 bridgehead atoms. The summed E-state index contributed by atoms with van der Waals surface area (Å²) in [5.74, 6) is 0.409. The minimum atomic E-state index is -3.92. The highest BCUT2D eigenvalue weighted by atomic mass is 32.2. The van der Waals surface area contributed by atoms with Gasteiger partial charge in [-0.25, -0.2) is 17.9 Å². The van der Waals surface area contributed by atoms with Crippen molar-refractivity contribution in [3.8, 4) is 17.1 Å². The number of benzene rings is 2. The Bertz CT molecular complexity index is 1140. The van der Waals surface area contributed by atoms with Gasteiger partial charge in [0.2, 0.25) is 21.7 Å². The molecule has 1 aromatic heterocycles. The van der Waals surface area contributed by atoms with Gasteiger partial charge in [-0.3, -0.25) is 0 Å². The zero-order valence-corrected chi connectivity index (χ0v) is 16.8. The number of rotatable bonds is 7. The number of carbonyl (C=O) groups excluding carboxylic acids is 1. The SMILES string of the molecule is COC(=O)c1ccc(C)c(S(=O)(=O)NCc2nc(-c3cccc(OC)c3)no2)c1. The lowest BCUT2D eigenvalue weighted by atomic mass is 10.1. The summed E-state index contributed by atoms with van der Waals surface area (Å²) in [6.07, 6.45) is 0. The van der Waals surface area contributed by atoms with Gasteiger partial charge in [-0.2, -0.15) is 4.98 Å². The third kappa shape index (κ3) is 4.61. The van der Waals surface area contributed by atoms with E-state index < -0.39 is 16.0 Å². The Hall–Kier alpha value is -3.24. The Kier molecular flexibility index (Phi) is 5.95. The first-order chi connectivity index (χ1) is 13.8. The average molecular weight is 417 g/mol. The second kappa shape index (κ2) is 8.41. The molecule has 0 saturated carbocycles. The fraction of sp³-hybridized carbons (Fsp3) is 0.211. The van der Waals surface area contributed by atoms with Crippen LogP contribution in [0.25, 0.3) is 11.4 Å². The predicted octanol–water partition coefficient (Wildman–Crippen LogP) is 2.32. The molecule has 0 spiro atoms. The molecule has 29 heavy (non-hydrogen) atoms. The highest BCUT2D eigenvalue weighted by Gasteiger charge is 2.20. The van der Waals surface area contributed by atoms with Crippen molar-refractivity contribution in [3.05, 3.63) is 59.5 Å². The third-order valence-corrected chi connectivity index (χ3v) is 5.65. The van der Waals surface area contributed by atoms with Crippen molar-refractivity contribution >= 4 is 16.0 Å². The van der Waals surface area contributed by atoms with Gasteiger partial charge in [0, 0.05) is 5.56 Å². The lowest BCUT2D eigenvalue weighted by Gasteiger charge is -2.09. The molecule has 9 nitrogen and oxygen atoms in total. The van der Waals surface area contributed by atoms with Gasteiger partial charge in [0.05, 0.1) is 31.2 Å². The zero-order chi connectivity index (χ0) is 21.0. The van der Waals surface area contributed by atoms with E-state index in [0.717, 1.165) is 0 Å². The first-order valence-electron chi connectivity index (χ1n) is 8.49. The molecule has 0 aliphatic heterocycles. The molecule has 1 N–H and O–H groups in total. The quantitative estimate of drug-likeness (QED) is 0.582. The molecule has 0 aliphatic carbocycles. The number of ether oxygens (including phenoxy) is 2. The summed E-state index contributed by atoms with van der Waals surface area (Å²) in [6.45, 7) is 1.42. The molecule has 0 saturated heterocycles. The summed E-state index contributed by atoms with van der Waals surface area (Å²) in [4.78, 5) is 15.9. The molecule has 10 heteroatoms. The third-order valence-electron chi connectivity index (χ3n) is 4.11. The van der Waals surface area contributed by atoms with E-state index in [1.807, 2.05) is 0 Å². The molecule has 152 valence electrons. The highest BCUT2D eigenvalue weighted by molar-refractivity contribution is 7.89. The maximum absolute atomic E-state index is 12.7. The van der Waals surface area contributed by atoms with Crippen LogP contribution in [-0.4, -0.2) is 38.7 Å². The molecule has 3 aromatic rings. The maximum Gasteiger partial charge on any atom is 0.337 e. The van der Waals surface area contributed by atoms with Gasteiger partial charge in [0.15, 0.2) is 0 Å². The van der Waals surface area contributed by atoms with Crippen molar-refractivity contribution in [1.82, 2.24) is 14.9 Å². The molecular formula is C19H19N3O6S. The van der Waals surface area contributed by atoms with Gasteiger partial charge in [-0.15, -0.1) is 0 Å². The summed E-state index contributed by atoms with van der Waals surface area (Å²) < 4.78 is 42.7. The average Bonchev–Trinajstić information content (AvgIpc) is 3.21. The molecule has 0 unspecified atom stereocenters. The molecule has 3 rings (SSSR count). The van der Waals surface area contributed by atoms with Gasteiger partial charge in [-0.1, -0.05) is 23.4 Å². The van der Waals surface area contributed by atoms with Crippen LogP contribution in [0.2, 0.25) is 0 Å². The maximum atomic E-state index is 12.7. The summed E-state index contributed by atoms with van der Waals surface area (Å²) >= 11 is 0. The number of carbonyl (C=O) groups is 1. The van der Waals surface area contributed by atoms with Crippen LogP contribution in [0.3, 0.4) is 0 Å². The smallest absolute Gasteiger partial charge is 0.337 e. The Morgan fingerprint density at radius 1 is 1.17 bits per heavy atom. The van der Waals surface area contributed by atoms with Gasteiger partial charge < -0.3 is 14.0 Å². The first kappa shape index (κ1) is 20.5. The number of nitrogens with one attached hydrogen (secondary N) is 1. The lowest BCUT2D eigenvalue weighted by Crippen LogP contribution is -2.24. The molecule has 0 amide bonds. The van der Waals surface area contributed by atoms with Crippen LogP contribution in [0.5, 0.6) is 5.75 Å². The number of hydrogen-bond acceptors (Lipinski definition) is 8. The summed E-state index contributed by atoms with van der Waals surface area (Å²) in [7, 11) is -1.15. The van der Waals surface area contributed by atoms with Gasteiger partial charge in [0.1, 0.15) is 5.75 Å². The number of methoxy groups -OCH3 is 2. The monoisotopic (exact) mass is 417 g/mol. The second-order valence-electron chi connectivity index (χ2n) is 6.04. The Balaban J connectivity index is 1.78. The summed E-state index contributed by atoms with van der Waals surface area (Å²) in [5, 5.41) is 3.86. The summed E-state index contributed by atoms with van der Waals surface area (Å²) in [5.41, 5.74) is 1.29. The Morgan fingerprint density at radius 2 is 1.97 bits per heavy atom. The largest absolute Gasteiger partial charge is 0.497 e. The van der Waals surface area contributed by atoms with Crippen LogP contribution < -0.4 is 9.46 Å². The van der Waals surface area contributed by atoms with E-state index in [9.17, 15) is 13.2 Å². The van der Waals surface area contributed by atoms with Gasteiger partial charge >= 0.3 is 5.97 Å². The van der Waals surface area contributed by atoms with Crippen molar-refractivity contribution < 1.29 is 27.2 Å². The van der Waals surface area contributed by atoms with E-state index >= 15 is 0 Å². The molecule has 1 heterocycles. The number of hydrogen-bond donors (Lipinski definition) is 1. The molecule has 0 atom stereocenters. The van der Waals surface area contributed by atoms with Crippen LogP contribution in [0.1, 0.15) is 21.8 Å². The van der Waals surface area contributed by atoms with Crippen LogP contribution in [0.4, 0.5) is 0 Å². The van der Waals surface area contributed by atoms with Crippen molar-refractivity contribution in [1.29, 1.82) is 0 Å². The van der Waals surface area contributed by atoms with E-state index in [2.05, 4.69) is 19.6 Å². The van der Waals surface area contributed by atoms with Crippen molar-refractivity contribution in [2.45, 2.75) is 18.4 Å². The van der Waals surface area contributed by atoms with E-state index in [4.69, 9.17) is 9.26 Å². The Labute approximate surface area is 167 Å². The fourth-order valence-electron chi connectivity index (χ4n) is 2.58. The van der Waals surface area contributed by atoms with E-state index in [0.29, 0.717) is 22.7 Å². The molecule has 0 aliphatic rings. The zero-order valence-electron chi connectivity index (χ0n) is 16.0. The number of nitrogens with zero attached hydrogens (tertiary/aromatic N) is 2. The minimum absolute atomic E-state index is 0.0343. The van der Waals surface area contributed by atoms with Gasteiger partial charge in [0.25, 0.3) is 0 Å². The predicted molar refractivity (Wildman–Crippen MR) is 103 cm³/mol. The van der Waals surface area contributed by atoms with Crippen LogP contribution in [0, 0.1) is 6.92 Å². The van der Waals surface area contributed by atoms with E-state index in [1.165, 1.54) is 25.3 Å². The normalized spacial score (nSPS) is 11.3. The Morgan fingerprint density at radius 3 is 2.69 bits per heavy atom. The number of aromatic nitrogens is 2. The number of sulfonamides is 1. The highest BCUT2D eigenvalue weighted by Crippen LogP contribution is 2.22. The van der Waals surface area contributed by atoms with Crippen molar-refractivity contribution in [2.24, 2.45) is 0 Å². The van der Waals surface area contributed by atoms with Crippen LogP contribution >= 0.6 is 0 Å². The molecular weight excluding hydrogens is 398 g/mol. The van der Waals surface area contributed by atoms with Crippen LogP contribution in [0.15, 0.2) is 51.9 Å². The topological polar surface area (TPSA) is 121 Å². The molecule has 0 radical (unpaired) electrons. The standard InChI is InChI=1S/C19H19N3O6S/c1-12-7-8-14(19(23)27-3)10-16(12)29(24,25)20-11-17-21-18(22-28-17)13-5-4-6-15(9-13)26-2/h4-10,20H,11H2,1-3H3. The fourth-order valence-corrected chi connectivity index (χ4v) is 3.82. The lowest BCUT2D eigenvalue weighted by molar-refractivity contribution is 0.0600. The van der Waals surface area contributed by atoms with E-state index in [1.54, 1.807) is 38.3 Å². The molecule has 2 aromatic carbocycles. The molecule has 0 fully saturated rings. The summed E-state index contributed by atoms with van der Waals surface area (Å²) in [6, 6.07) is 11.4. The second-order valence-corrected chi connectivity index (χ2v) is 7.78. The number of aryl methyl sites for hydroxylation is 1. The van der Waals surface area contributed by atoms with Gasteiger partial charge in [-0.05, 0) is 36.8 Å². The van der Waals surface area contributed by atoms with Crippen molar-refractivity contribution in [2.75, 3.05) is 14.2 Å².